The van der Waals surface area contributed by atoms with Crippen molar-refractivity contribution in [2.45, 2.75) is 33.2 Å². The zero-order valence-electron chi connectivity index (χ0n) is 8.12. The molecule has 0 N–H and O–H groups in total. The molecule has 12 heavy (non-hydrogen) atoms. The van der Waals surface area contributed by atoms with E-state index in [0.29, 0.717) is 11.5 Å². The van der Waals surface area contributed by atoms with Crippen molar-refractivity contribution in [3.63, 3.8) is 0 Å². The molecule has 0 aromatic carbocycles. The first-order valence-electron chi connectivity index (χ1n) is 4.74. The van der Waals surface area contributed by atoms with Gasteiger partial charge in [0.2, 0.25) is 0 Å². The molecule has 0 saturated heterocycles. The molecule has 1 aromatic heterocycles. The summed E-state index contributed by atoms with van der Waals surface area (Å²) in [6.07, 6.45) is 5.71. The van der Waals surface area contributed by atoms with Gasteiger partial charge in [0.25, 0.3) is 0 Å². The van der Waals surface area contributed by atoms with E-state index in [1.165, 1.54) is 6.42 Å². The summed E-state index contributed by atoms with van der Waals surface area (Å²) < 4.78 is 2.32. The van der Waals surface area contributed by atoms with Crippen molar-refractivity contribution in [2.24, 2.45) is 11.3 Å². The van der Waals surface area contributed by atoms with Gasteiger partial charge in [0.05, 0.1) is 0 Å². The van der Waals surface area contributed by atoms with Crippen LogP contribution in [0.2, 0.25) is 0 Å². The predicted octanol–water partition coefficient (Wildman–Crippen LogP) is 3.10. The number of nitrogens with zero attached hydrogens (tertiary/aromatic N) is 1. The molecule has 1 aromatic rings. The average Bonchev–Trinajstić information content (AvgIpc) is 2.56. The molecule has 1 nitrogen and oxygen atoms in total. The van der Waals surface area contributed by atoms with E-state index >= 15 is 0 Å². The van der Waals surface area contributed by atoms with Crippen LogP contribution in [0, 0.1) is 11.3 Å². The van der Waals surface area contributed by atoms with Crippen molar-refractivity contribution in [1.29, 1.82) is 0 Å². The zero-order chi connectivity index (χ0) is 8.77. The quantitative estimate of drug-likeness (QED) is 0.631. The molecule has 1 saturated carbocycles. The van der Waals surface area contributed by atoms with Crippen LogP contribution in [-0.4, -0.2) is 4.57 Å². The van der Waals surface area contributed by atoms with Crippen LogP contribution >= 0.6 is 0 Å². The summed E-state index contributed by atoms with van der Waals surface area (Å²) in [6, 6.07) is 4.88. The Hall–Kier alpha value is -0.720. The lowest BCUT2D eigenvalue weighted by atomic mass is 10.1. The molecule has 1 aliphatic carbocycles. The largest absolute Gasteiger partial charge is 0.351 e. The minimum Gasteiger partial charge on any atom is -0.351 e. The number of rotatable bonds is 2. The van der Waals surface area contributed by atoms with Crippen molar-refractivity contribution in [3.8, 4) is 0 Å². The lowest BCUT2D eigenvalue weighted by molar-refractivity contribution is 0.413. The summed E-state index contributed by atoms with van der Waals surface area (Å²) in [5.74, 6) is 0.880. The van der Waals surface area contributed by atoms with Gasteiger partial charge >= 0.3 is 0 Å². The highest BCUT2D eigenvalue weighted by molar-refractivity contribution is 5.03. The van der Waals surface area contributed by atoms with Gasteiger partial charge in [-0.1, -0.05) is 13.8 Å². The van der Waals surface area contributed by atoms with Crippen LogP contribution in [0.3, 0.4) is 0 Å². The number of hydrogen-bond donors (Lipinski definition) is 0. The van der Waals surface area contributed by atoms with E-state index in [2.05, 4.69) is 49.9 Å². The summed E-state index contributed by atoms with van der Waals surface area (Å²) in [5.41, 5.74) is 0.587. The van der Waals surface area contributed by atoms with Gasteiger partial charge in [0, 0.05) is 18.4 Å². The van der Waals surface area contributed by atoms with E-state index in [4.69, 9.17) is 0 Å². The lowest BCUT2D eigenvalue weighted by Crippen LogP contribution is -2.07. The molecule has 1 heterocycles. The molecule has 2 atom stereocenters. The molecule has 1 fully saturated rings. The van der Waals surface area contributed by atoms with Crippen LogP contribution in [0.4, 0.5) is 0 Å². The third-order valence-corrected chi connectivity index (χ3v) is 3.27. The van der Waals surface area contributed by atoms with Crippen molar-refractivity contribution in [2.75, 3.05) is 0 Å². The number of hydrogen-bond acceptors (Lipinski definition) is 0. The molecule has 0 spiro atoms. The SMILES string of the molecule is CC(C1CC1(C)C)n1cccc1. The van der Waals surface area contributed by atoms with Gasteiger partial charge in [0.1, 0.15) is 0 Å². The fourth-order valence-electron chi connectivity index (χ4n) is 2.16. The molecule has 0 aliphatic heterocycles. The predicted molar refractivity (Wildman–Crippen MR) is 51.0 cm³/mol. The highest BCUT2D eigenvalue weighted by Gasteiger charge is 2.48. The summed E-state index contributed by atoms with van der Waals surface area (Å²) in [5, 5.41) is 0. The van der Waals surface area contributed by atoms with E-state index in [-0.39, 0.29) is 0 Å². The average molecular weight is 163 g/mol. The Bertz CT molecular complexity index is 259. The van der Waals surface area contributed by atoms with Crippen LogP contribution in [-0.2, 0) is 0 Å². The first kappa shape index (κ1) is 7.90. The molecule has 2 unspecified atom stereocenters. The summed E-state index contributed by atoms with van der Waals surface area (Å²) >= 11 is 0. The van der Waals surface area contributed by atoms with Gasteiger partial charge in [0.15, 0.2) is 0 Å². The maximum Gasteiger partial charge on any atom is 0.0335 e. The second-order valence-corrected chi connectivity index (χ2v) is 4.67. The van der Waals surface area contributed by atoms with Crippen molar-refractivity contribution in [1.82, 2.24) is 4.57 Å². The van der Waals surface area contributed by atoms with Crippen molar-refractivity contribution < 1.29 is 0 Å². The van der Waals surface area contributed by atoms with Gasteiger partial charge in [-0.2, -0.15) is 0 Å². The van der Waals surface area contributed by atoms with Crippen molar-refractivity contribution >= 4 is 0 Å². The van der Waals surface area contributed by atoms with Crippen LogP contribution in [0.1, 0.15) is 33.2 Å². The van der Waals surface area contributed by atoms with Gasteiger partial charge in [-0.3, -0.25) is 0 Å². The van der Waals surface area contributed by atoms with Crippen LogP contribution in [0.15, 0.2) is 24.5 Å². The normalized spacial score (nSPS) is 28.4. The standard InChI is InChI=1S/C11H17N/c1-9(10-8-11(10,2)3)12-6-4-5-7-12/h4-7,9-10H,8H2,1-3H3. The van der Waals surface area contributed by atoms with E-state index in [1.807, 2.05) is 0 Å². The summed E-state index contributed by atoms with van der Waals surface area (Å²) in [7, 11) is 0. The smallest absolute Gasteiger partial charge is 0.0335 e. The van der Waals surface area contributed by atoms with Gasteiger partial charge < -0.3 is 4.57 Å². The van der Waals surface area contributed by atoms with Crippen molar-refractivity contribution in [3.05, 3.63) is 24.5 Å². The van der Waals surface area contributed by atoms with E-state index in [0.717, 1.165) is 5.92 Å². The Morgan fingerprint density at radius 1 is 1.33 bits per heavy atom. The molecule has 2 rings (SSSR count). The summed E-state index contributed by atoms with van der Waals surface area (Å²) in [6.45, 7) is 7.04. The maximum atomic E-state index is 2.36. The van der Waals surface area contributed by atoms with E-state index in [9.17, 15) is 0 Å². The Morgan fingerprint density at radius 2 is 1.83 bits per heavy atom. The first-order chi connectivity index (χ1) is 5.61. The molecule has 1 aliphatic rings. The minimum absolute atomic E-state index is 0.587. The Balaban J connectivity index is 2.08. The van der Waals surface area contributed by atoms with Crippen LogP contribution in [0.5, 0.6) is 0 Å². The highest BCUT2D eigenvalue weighted by atomic mass is 15.0. The van der Waals surface area contributed by atoms with Gasteiger partial charge in [-0.25, -0.2) is 0 Å². The van der Waals surface area contributed by atoms with E-state index < -0.39 is 0 Å². The number of aromatic nitrogens is 1. The Labute approximate surface area is 74.4 Å². The second kappa shape index (κ2) is 2.38. The molecule has 0 radical (unpaired) electrons. The third-order valence-electron chi connectivity index (χ3n) is 3.27. The molecule has 0 bridgehead atoms. The molecule has 66 valence electrons. The molecule has 0 amide bonds. The third kappa shape index (κ3) is 1.17. The molecular formula is C11H17N. The Morgan fingerprint density at radius 3 is 2.25 bits per heavy atom. The molecular weight excluding hydrogens is 146 g/mol. The highest BCUT2D eigenvalue weighted by Crippen LogP contribution is 2.57. The molecule has 1 heteroatoms. The minimum atomic E-state index is 0.587. The maximum absolute atomic E-state index is 2.36. The van der Waals surface area contributed by atoms with E-state index in [1.54, 1.807) is 0 Å². The second-order valence-electron chi connectivity index (χ2n) is 4.67. The first-order valence-corrected chi connectivity index (χ1v) is 4.74. The topological polar surface area (TPSA) is 4.93 Å². The van der Waals surface area contributed by atoms with Gasteiger partial charge in [-0.15, -0.1) is 0 Å². The fourth-order valence-corrected chi connectivity index (χ4v) is 2.16. The fraction of sp³-hybridized carbons (Fsp3) is 0.636. The Kier molecular flexibility index (Phi) is 1.57. The zero-order valence-corrected chi connectivity index (χ0v) is 8.12. The summed E-state index contributed by atoms with van der Waals surface area (Å²) in [4.78, 5) is 0. The van der Waals surface area contributed by atoms with Gasteiger partial charge in [-0.05, 0) is 36.8 Å². The lowest BCUT2D eigenvalue weighted by Gasteiger charge is -2.15. The monoisotopic (exact) mass is 163 g/mol. The van der Waals surface area contributed by atoms with Crippen LogP contribution < -0.4 is 0 Å². The van der Waals surface area contributed by atoms with Crippen LogP contribution in [0.25, 0.3) is 0 Å².